The Morgan fingerprint density at radius 2 is 1.83 bits per heavy atom. The molecule has 0 aliphatic carbocycles. The zero-order chi connectivity index (χ0) is 8.97. The highest BCUT2D eigenvalue weighted by atomic mass is 14.0. The maximum atomic E-state index is 2.20. The minimum Gasteiger partial charge on any atom is -0.0884 e. The first-order valence-corrected chi connectivity index (χ1v) is 4.39. The number of hydrogen-bond donors (Lipinski definition) is 0. The van der Waals surface area contributed by atoms with Crippen LogP contribution in [0, 0.1) is 6.92 Å². The summed E-state index contributed by atoms with van der Waals surface area (Å²) in [6, 6.07) is 8.72. The van der Waals surface area contributed by atoms with Gasteiger partial charge in [-0.3, -0.25) is 0 Å². The molecule has 1 aromatic rings. The summed E-state index contributed by atoms with van der Waals surface area (Å²) in [6.07, 6.45) is 3.25. The fourth-order valence-corrected chi connectivity index (χ4v) is 1.13. The summed E-state index contributed by atoms with van der Waals surface area (Å²) in [4.78, 5) is 0. The van der Waals surface area contributed by atoms with Crippen molar-refractivity contribution in [1.29, 1.82) is 0 Å². The molecule has 1 rings (SSSR count). The van der Waals surface area contributed by atoms with Crippen molar-refractivity contribution in [2.75, 3.05) is 0 Å². The minimum absolute atomic E-state index is 1.08. The second-order valence-electron chi connectivity index (χ2n) is 3.30. The molecular formula is C12H16. The van der Waals surface area contributed by atoms with Gasteiger partial charge in [0.15, 0.2) is 0 Å². The Morgan fingerprint density at radius 3 is 2.33 bits per heavy atom. The van der Waals surface area contributed by atoms with Crippen molar-refractivity contribution < 1.29 is 0 Å². The van der Waals surface area contributed by atoms with E-state index in [-0.39, 0.29) is 0 Å². The zero-order valence-corrected chi connectivity index (χ0v) is 8.09. The van der Waals surface area contributed by atoms with Crippen molar-refractivity contribution in [2.24, 2.45) is 0 Å². The van der Waals surface area contributed by atoms with Crippen LogP contribution in [0.1, 0.15) is 25.0 Å². The summed E-state index contributed by atoms with van der Waals surface area (Å²) in [6.45, 7) is 6.37. The van der Waals surface area contributed by atoms with Crippen LogP contribution in [0.25, 0.3) is 0 Å². The summed E-state index contributed by atoms with van der Waals surface area (Å²) in [5.74, 6) is 0. The predicted octanol–water partition coefficient (Wildman–Crippen LogP) is 3.50. The molecular weight excluding hydrogens is 144 g/mol. The van der Waals surface area contributed by atoms with E-state index in [2.05, 4.69) is 51.1 Å². The molecule has 0 saturated heterocycles. The van der Waals surface area contributed by atoms with Crippen molar-refractivity contribution in [3.8, 4) is 0 Å². The number of hydrogen-bond acceptors (Lipinski definition) is 0. The lowest BCUT2D eigenvalue weighted by Crippen LogP contribution is -1.85. The molecule has 0 heterocycles. The Labute approximate surface area is 74.9 Å². The molecule has 0 unspecified atom stereocenters. The van der Waals surface area contributed by atoms with Crippen LogP contribution in [0.4, 0.5) is 0 Å². The summed E-state index contributed by atoms with van der Waals surface area (Å²) in [5.41, 5.74) is 4.16. The predicted molar refractivity (Wildman–Crippen MR) is 54.3 cm³/mol. The lowest BCUT2D eigenvalue weighted by atomic mass is 10.1. The monoisotopic (exact) mass is 160 g/mol. The Hall–Kier alpha value is -1.04. The topological polar surface area (TPSA) is 0 Å². The third-order valence-corrected chi connectivity index (χ3v) is 2.10. The molecule has 0 N–H and O–H groups in total. The molecule has 0 amide bonds. The quantitative estimate of drug-likeness (QED) is 0.581. The SMILES string of the molecule is C/C=C(\C)Cc1ccc(C)cc1. The van der Waals surface area contributed by atoms with Gasteiger partial charge in [0.2, 0.25) is 0 Å². The van der Waals surface area contributed by atoms with Gasteiger partial charge in [0.05, 0.1) is 0 Å². The molecule has 0 aliphatic rings. The van der Waals surface area contributed by atoms with Crippen molar-refractivity contribution in [3.63, 3.8) is 0 Å². The van der Waals surface area contributed by atoms with E-state index < -0.39 is 0 Å². The maximum absolute atomic E-state index is 2.20. The lowest BCUT2D eigenvalue weighted by Gasteiger charge is -2.01. The van der Waals surface area contributed by atoms with Crippen LogP contribution < -0.4 is 0 Å². The summed E-state index contributed by atoms with van der Waals surface area (Å²) < 4.78 is 0. The van der Waals surface area contributed by atoms with Crippen molar-refractivity contribution in [3.05, 3.63) is 47.0 Å². The Kier molecular flexibility index (Phi) is 3.09. The Balaban J connectivity index is 2.71. The first-order chi connectivity index (χ1) is 5.72. The number of allylic oxidation sites excluding steroid dienone is 2. The number of aryl methyl sites for hydroxylation is 1. The highest BCUT2D eigenvalue weighted by Crippen LogP contribution is 2.08. The van der Waals surface area contributed by atoms with E-state index in [0.29, 0.717) is 0 Å². The van der Waals surface area contributed by atoms with Gasteiger partial charge in [-0.25, -0.2) is 0 Å². The van der Waals surface area contributed by atoms with Crippen molar-refractivity contribution >= 4 is 0 Å². The van der Waals surface area contributed by atoms with E-state index in [0.717, 1.165) is 6.42 Å². The van der Waals surface area contributed by atoms with E-state index in [1.807, 2.05) is 0 Å². The molecule has 0 nitrogen and oxygen atoms in total. The van der Waals surface area contributed by atoms with Gasteiger partial charge in [0.1, 0.15) is 0 Å². The van der Waals surface area contributed by atoms with Gasteiger partial charge in [0, 0.05) is 0 Å². The maximum Gasteiger partial charge on any atom is -0.00700 e. The van der Waals surface area contributed by atoms with E-state index in [1.54, 1.807) is 0 Å². The molecule has 64 valence electrons. The molecule has 1 aromatic carbocycles. The largest absolute Gasteiger partial charge is 0.0884 e. The summed E-state index contributed by atoms with van der Waals surface area (Å²) in [5, 5.41) is 0. The van der Waals surface area contributed by atoms with Crippen LogP contribution in [-0.4, -0.2) is 0 Å². The fourth-order valence-electron chi connectivity index (χ4n) is 1.13. The molecule has 12 heavy (non-hydrogen) atoms. The van der Waals surface area contributed by atoms with E-state index >= 15 is 0 Å². The third kappa shape index (κ3) is 2.54. The second kappa shape index (κ2) is 4.10. The van der Waals surface area contributed by atoms with Crippen LogP contribution in [0.15, 0.2) is 35.9 Å². The average Bonchev–Trinajstić information content (AvgIpc) is 2.09. The summed E-state index contributed by atoms with van der Waals surface area (Å²) >= 11 is 0. The van der Waals surface area contributed by atoms with Gasteiger partial charge in [-0.15, -0.1) is 0 Å². The van der Waals surface area contributed by atoms with Gasteiger partial charge < -0.3 is 0 Å². The van der Waals surface area contributed by atoms with E-state index in [4.69, 9.17) is 0 Å². The first kappa shape index (κ1) is 9.05. The lowest BCUT2D eigenvalue weighted by molar-refractivity contribution is 1.13. The molecule has 0 bridgehead atoms. The fraction of sp³-hybridized carbons (Fsp3) is 0.333. The second-order valence-corrected chi connectivity index (χ2v) is 3.30. The molecule has 0 heteroatoms. The number of benzene rings is 1. The molecule has 0 aromatic heterocycles. The van der Waals surface area contributed by atoms with Gasteiger partial charge in [-0.2, -0.15) is 0 Å². The minimum atomic E-state index is 1.08. The Morgan fingerprint density at radius 1 is 1.25 bits per heavy atom. The standard InChI is InChI=1S/C12H16/c1-4-10(2)9-12-7-5-11(3)6-8-12/h4-8H,9H2,1-3H3/b10-4+. The third-order valence-electron chi connectivity index (χ3n) is 2.10. The molecule has 0 fully saturated rings. The van der Waals surface area contributed by atoms with Crippen molar-refractivity contribution in [1.82, 2.24) is 0 Å². The Bertz CT molecular complexity index is 265. The normalized spacial score (nSPS) is 11.8. The van der Waals surface area contributed by atoms with Crippen LogP contribution in [0.5, 0.6) is 0 Å². The van der Waals surface area contributed by atoms with Gasteiger partial charge in [-0.05, 0) is 32.8 Å². The van der Waals surface area contributed by atoms with E-state index in [9.17, 15) is 0 Å². The summed E-state index contributed by atoms with van der Waals surface area (Å²) in [7, 11) is 0. The highest BCUT2D eigenvalue weighted by molar-refractivity contribution is 5.24. The van der Waals surface area contributed by atoms with Gasteiger partial charge >= 0.3 is 0 Å². The van der Waals surface area contributed by atoms with Crippen LogP contribution in [-0.2, 0) is 6.42 Å². The molecule has 0 radical (unpaired) electrons. The first-order valence-electron chi connectivity index (χ1n) is 4.39. The van der Waals surface area contributed by atoms with Crippen LogP contribution >= 0.6 is 0 Å². The van der Waals surface area contributed by atoms with Gasteiger partial charge in [-0.1, -0.05) is 41.5 Å². The van der Waals surface area contributed by atoms with Crippen LogP contribution in [0.3, 0.4) is 0 Å². The molecule has 0 aliphatic heterocycles. The smallest absolute Gasteiger partial charge is 0.00700 e. The molecule has 0 spiro atoms. The van der Waals surface area contributed by atoms with E-state index in [1.165, 1.54) is 16.7 Å². The zero-order valence-electron chi connectivity index (χ0n) is 8.09. The molecule has 0 atom stereocenters. The van der Waals surface area contributed by atoms with Crippen LogP contribution in [0.2, 0.25) is 0 Å². The highest BCUT2D eigenvalue weighted by Gasteiger charge is 1.92. The average molecular weight is 160 g/mol. The molecule has 0 saturated carbocycles. The number of rotatable bonds is 2. The van der Waals surface area contributed by atoms with Gasteiger partial charge in [0.25, 0.3) is 0 Å². The van der Waals surface area contributed by atoms with Crippen molar-refractivity contribution in [2.45, 2.75) is 27.2 Å².